The van der Waals surface area contributed by atoms with E-state index >= 15 is 0 Å². The van der Waals surface area contributed by atoms with Gasteiger partial charge in [0.15, 0.2) is 0 Å². The second-order valence-electron chi connectivity index (χ2n) is 3.16. The highest BCUT2D eigenvalue weighted by molar-refractivity contribution is 7.99. The van der Waals surface area contributed by atoms with Crippen molar-refractivity contribution in [1.82, 2.24) is 4.89 Å². The zero-order valence-corrected chi connectivity index (χ0v) is 11.3. The number of thioether (sulfide) groups is 1. The Hall–Kier alpha value is 0.970. The lowest BCUT2D eigenvalue weighted by atomic mass is 10.1. The molecule has 0 spiro atoms. The third kappa shape index (κ3) is 9.52. The van der Waals surface area contributed by atoms with Crippen LogP contribution in [0, 0.1) is 0 Å². The van der Waals surface area contributed by atoms with E-state index in [0.29, 0.717) is 0 Å². The van der Waals surface area contributed by atoms with Gasteiger partial charge in [-0.15, -0.1) is 4.89 Å². The highest BCUT2D eigenvalue weighted by Crippen LogP contribution is 2.18. The number of nitrogens with one attached hydrogen (secondary N) is 1. The third-order valence-electron chi connectivity index (χ3n) is 2.12. The van der Waals surface area contributed by atoms with Crippen molar-refractivity contribution in [3.63, 3.8) is 0 Å². The second-order valence-corrected chi connectivity index (χ2v) is 4.93. The van der Waals surface area contributed by atoms with Crippen LogP contribution in [-0.4, -0.2) is 23.9 Å². The molecule has 0 aromatic rings. The first kappa shape index (κ1) is 15.0. The first-order valence-electron chi connectivity index (χ1n) is 4.99. The maximum atomic E-state index is 4.91. The standard InChI is InChI=1S/C9H21NOS3/c1-14-9(6-8-12)5-3-2-4-7-11-10-13/h9-10,12-13H,2-8H2,1H3. The van der Waals surface area contributed by atoms with Gasteiger partial charge in [-0.2, -0.15) is 24.4 Å². The molecule has 0 aliphatic rings. The molecule has 0 saturated heterocycles. The smallest absolute Gasteiger partial charge is 0.0693 e. The minimum absolute atomic E-state index is 0.750. The normalized spacial score (nSPS) is 13.1. The van der Waals surface area contributed by atoms with E-state index in [9.17, 15) is 0 Å². The minimum Gasteiger partial charge on any atom is -0.291 e. The van der Waals surface area contributed by atoms with E-state index in [0.717, 1.165) is 24.0 Å². The molecule has 0 bridgehead atoms. The van der Waals surface area contributed by atoms with Gasteiger partial charge in [-0.1, -0.05) is 25.7 Å². The topological polar surface area (TPSA) is 21.3 Å². The van der Waals surface area contributed by atoms with Crippen LogP contribution >= 0.6 is 37.2 Å². The lowest BCUT2D eigenvalue weighted by Gasteiger charge is -2.12. The van der Waals surface area contributed by atoms with E-state index in [1.54, 1.807) is 0 Å². The summed E-state index contributed by atoms with van der Waals surface area (Å²) < 4.78 is 0. The van der Waals surface area contributed by atoms with E-state index in [1.807, 2.05) is 11.8 Å². The van der Waals surface area contributed by atoms with Crippen LogP contribution in [0.25, 0.3) is 0 Å². The molecule has 0 rings (SSSR count). The van der Waals surface area contributed by atoms with Gasteiger partial charge in [0.1, 0.15) is 0 Å². The van der Waals surface area contributed by atoms with Crippen LogP contribution < -0.4 is 4.89 Å². The summed E-state index contributed by atoms with van der Waals surface area (Å²) in [7, 11) is 0. The van der Waals surface area contributed by atoms with Crippen molar-refractivity contribution in [1.29, 1.82) is 0 Å². The van der Waals surface area contributed by atoms with E-state index in [-0.39, 0.29) is 0 Å². The molecule has 1 N–H and O–H groups in total. The molecule has 0 fully saturated rings. The first-order chi connectivity index (χ1) is 6.85. The fraction of sp³-hybridized carbons (Fsp3) is 1.00. The Labute approximate surface area is 103 Å². The molecule has 0 aliphatic carbocycles. The van der Waals surface area contributed by atoms with Gasteiger partial charge in [-0.25, -0.2) is 0 Å². The largest absolute Gasteiger partial charge is 0.291 e. The average Bonchev–Trinajstić information content (AvgIpc) is 2.21. The van der Waals surface area contributed by atoms with Crippen molar-refractivity contribution in [2.24, 2.45) is 0 Å². The van der Waals surface area contributed by atoms with Crippen molar-refractivity contribution in [2.45, 2.75) is 37.4 Å². The summed E-state index contributed by atoms with van der Waals surface area (Å²) >= 11 is 9.95. The monoisotopic (exact) mass is 255 g/mol. The maximum Gasteiger partial charge on any atom is 0.0693 e. The second kappa shape index (κ2) is 12.0. The quantitative estimate of drug-likeness (QED) is 0.317. The summed E-state index contributed by atoms with van der Waals surface area (Å²) in [5, 5.41) is 0.788. The van der Waals surface area contributed by atoms with Crippen LogP contribution in [0.4, 0.5) is 0 Å². The number of hydrogen-bond acceptors (Lipinski definition) is 5. The molecule has 0 saturated carbocycles. The zero-order chi connectivity index (χ0) is 10.6. The summed E-state index contributed by atoms with van der Waals surface area (Å²) in [5.74, 6) is 0.998. The van der Waals surface area contributed by atoms with E-state index in [1.165, 1.54) is 25.7 Å². The van der Waals surface area contributed by atoms with Crippen molar-refractivity contribution < 1.29 is 4.84 Å². The van der Waals surface area contributed by atoms with E-state index < -0.39 is 0 Å². The van der Waals surface area contributed by atoms with E-state index in [2.05, 4.69) is 36.6 Å². The predicted octanol–water partition coefficient (Wildman–Crippen LogP) is 2.96. The fourth-order valence-electron chi connectivity index (χ4n) is 1.29. The molecule has 0 radical (unpaired) electrons. The fourth-order valence-corrected chi connectivity index (χ4v) is 2.63. The number of rotatable bonds is 10. The molecule has 14 heavy (non-hydrogen) atoms. The third-order valence-corrected chi connectivity index (χ3v) is 3.65. The van der Waals surface area contributed by atoms with Crippen LogP contribution in [0.15, 0.2) is 0 Å². The first-order valence-corrected chi connectivity index (χ1v) is 7.36. The lowest BCUT2D eigenvalue weighted by molar-refractivity contribution is 0.0988. The summed E-state index contributed by atoms with van der Waals surface area (Å²) in [4.78, 5) is 7.29. The van der Waals surface area contributed by atoms with Crippen LogP contribution in [0.3, 0.4) is 0 Å². The average molecular weight is 255 g/mol. The lowest BCUT2D eigenvalue weighted by Crippen LogP contribution is -2.04. The Morgan fingerprint density at radius 2 is 2.07 bits per heavy atom. The number of unbranched alkanes of at least 4 members (excludes halogenated alkanes) is 2. The van der Waals surface area contributed by atoms with Crippen molar-refractivity contribution in [3.8, 4) is 0 Å². The van der Waals surface area contributed by atoms with Gasteiger partial charge in [-0.05, 0) is 31.3 Å². The van der Waals surface area contributed by atoms with Gasteiger partial charge in [0, 0.05) is 5.25 Å². The van der Waals surface area contributed by atoms with Gasteiger partial charge in [-0.3, -0.25) is 4.84 Å². The number of thiol groups is 2. The molecule has 0 heterocycles. The number of hydrogen-bond donors (Lipinski definition) is 3. The maximum absolute atomic E-state index is 4.91. The van der Waals surface area contributed by atoms with Crippen LogP contribution in [0.2, 0.25) is 0 Å². The Kier molecular flexibility index (Phi) is 12.9. The molecule has 2 nitrogen and oxygen atoms in total. The Bertz CT molecular complexity index is 116. The molecule has 0 aliphatic heterocycles. The van der Waals surface area contributed by atoms with Gasteiger partial charge < -0.3 is 0 Å². The molecule has 86 valence electrons. The molecule has 0 aromatic carbocycles. The summed E-state index contributed by atoms with van der Waals surface area (Å²) in [6.07, 6.45) is 8.33. The van der Waals surface area contributed by atoms with E-state index in [4.69, 9.17) is 4.84 Å². The van der Waals surface area contributed by atoms with Crippen molar-refractivity contribution in [3.05, 3.63) is 0 Å². The molecule has 5 heteroatoms. The Morgan fingerprint density at radius 3 is 2.64 bits per heavy atom. The molecule has 0 aromatic heterocycles. The molecular weight excluding hydrogens is 234 g/mol. The SMILES string of the molecule is CSC(CCS)CCCCCONS. The summed E-state index contributed by atoms with van der Waals surface area (Å²) in [6, 6.07) is 0. The van der Waals surface area contributed by atoms with Crippen molar-refractivity contribution >= 4 is 37.2 Å². The summed E-state index contributed by atoms with van der Waals surface area (Å²) in [5.41, 5.74) is 0. The molecular formula is C9H21NOS3. The molecule has 0 amide bonds. The predicted molar refractivity (Wildman–Crippen MR) is 72.3 cm³/mol. The highest BCUT2D eigenvalue weighted by Gasteiger charge is 2.04. The molecule has 1 atom stereocenters. The highest BCUT2D eigenvalue weighted by atomic mass is 32.2. The van der Waals surface area contributed by atoms with Crippen LogP contribution in [-0.2, 0) is 4.84 Å². The minimum atomic E-state index is 0.750. The Morgan fingerprint density at radius 1 is 1.29 bits per heavy atom. The van der Waals surface area contributed by atoms with Crippen molar-refractivity contribution in [2.75, 3.05) is 18.6 Å². The van der Waals surface area contributed by atoms with Crippen LogP contribution in [0.5, 0.6) is 0 Å². The molecule has 1 unspecified atom stereocenters. The Balaban J connectivity index is 3.15. The van der Waals surface area contributed by atoms with Gasteiger partial charge >= 0.3 is 0 Å². The zero-order valence-electron chi connectivity index (χ0n) is 8.74. The van der Waals surface area contributed by atoms with Gasteiger partial charge in [0.2, 0.25) is 0 Å². The summed E-state index contributed by atoms with van der Waals surface area (Å²) in [6.45, 7) is 0.750. The van der Waals surface area contributed by atoms with Gasteiger partial charge in [0.05, 0.1) is 6.61 Å². The van der Waals surface area contributed by atoms with Gasteiger partial charge in [0.25, 0.3) is 0 Å². The van der Waals surface area contributed by atoms with Crippen LogP contribution in [0.1, 0.15) is 32.1 Å².